The first-order chi connectivity index (χ1) is 13.4. The van der Waals surface area contributed by atoms with Gasteiger partial charge in [-0.2, -0.15) is 5.26 Å². The maximum absolute atomic E-state index is 11.5. The Morgan fingerprint density at radius 2 is 1.79 bits per heavy atom. The topological polar surface area (TPSA) is 122 Å². The highest BCUT2D eigenvalue weighted by Crippen LogP contribution is 2.18. The van der Waals surface area contributed by atoms with Gasteiger partial charge in [-0.05, 0) is 30.3 Å². The summed E-state index contributed by atoms with van der Waals surface area (Å²) >= 11 is 3.22. The van der Waals surface area contributed by atoms with Crippen molar-refractivity contribution in [3.63, 3.8) is 0 Å². The van der Waals surface area contributed by atoms with Crippen molar-refractivity contribution in [1.82, 2.24) is 0 Å². The monoisotopic (exact) mass is 439 g/mol. The molecule has 8 heteroatoms. The van der Waals surface area contributed by atoms with Crippen molar-refractivity contribution in [2.24, 2.45) is 0 Å². The van der Waals surface area contributed by atoms with Gasteiger partial charge in [0.05, 0.1) is 10.8 Å². The van der Waals surface area contributed by atoms with Crippen molar-refractivity contribution in [3.8, 4) is 6.07 Å². The van der Waals surface area contributed by atoms with Gasteiger partial charge in [0.15, 0.2) is 5.43 Å². The SMILES string of the molecule is N#Cc1coc2ccccc2c1=O.O=C(O)c1cc(=O)c2cc(Br)ccc2o1. The molecule has 2 aromatic carbocycles. The standard InChI is InChI=1S/C10H5BrO4.C10H5NO2/c11-5-1-2-8-6(3-5)7(12)4-9(15-8)10(13)14;11-5-7-6-13-9-4-2-1-3-8(9)10(7)12/h1-4H,(H,13,14);1-4,6H. The van der Waals surface area contributed by atoms with Crippen LogP contribution in [0.1, 0.15) is 16.1 Å². The van der Waals surface area contributed by atoms with E-state index < -0.39 is 5.97 Å². The summed E-state index contributed by atoms with van der Waals surface area (Å²) in [5.41, 5.74) is 0.174. The zero-order chi connectivity index (χ0) is 20.3. The molecule has 0 spiro atoms. The van der Waals surface area contributed by atoms with Crippen LogP contribution in [0.25, 0.3) is 21.9 Å². The molecule has 0 radical (unpaired) electrons. The Bertz CT molecular complexity index is 1360. The molecule has 0 saturated heterocycles. The zero-order valence-corrected chi connectivity index (χ0v) is 15.6. The summed E-state index contributed by atoms with van der Waals surface area (Å²) in [4.78, 5) is 33.6. The number of benzene rings is 2. The third-order valence-electron chi connectivity index (χ3n) is 3.70. The van der Waals surface area contributed by atoms with Crippen molar-refractivity contribution < 1.29 is 18.7 Å². The molecule has 0 saturated carbocycles. The summed E-state index contributed by atoms with van der Waals surface area (Å²) in [6.45, 7) is 0. The molecule has 0 aliphatic heterocycles. The van der Waals surface area contributed by atoms with E-state index in [1.807, 2.05) is 0 Å². The summed E-state index contributed by atoms with van der Waals surface area (Å²) in [5.74, 6) is -1.60. The first-order valence-corrected chi connectivity index (χ1v) is 8.57. The fraction of sp³-hybridized carbons (Fsp3) is 0. The number of carbonyl (C=O) groups is 1. The number of fused-ring (bicyclic) bond motifs is 2. The van der Waals surface area contributed by atoms with E-state index in [0.29, 0.717) is 16.4 Å². The van der Waals surface area contributed by atoms with Gasteiger partial charge in [0.1, 0.15) is 29.1 Å². The Labute approximate surface area is 165 Å². The van der Waals surface area contributed by atoms with E-state index in [9.17, 15) is 14.4 Å². The smallest absolute Gasteiger partial charge is 0.371 e. The Balaban J connectivity index is 0.000000162. The molecule has 0 unspecified atom stereocenters. The van der Waals surface area contributed by atoms with Crippen LogP contribution in [-0.4, -0.2) is 11.1 Å². The summed E-state index contributed by atoms with van der Waals surface area (Å²) in [7, 11) is 0. The van der Waals surface area contributed by atoms with Crippen LogP contribution in [0.15, 0.2) is 77.7 Å². The maximum Gasteiger partial charge on any atom is 0.371 e. The second-order valence-electron chi connectivity index (χ2n) is 5.51. The van der Waals surface area contributed by atoms with Gasteiger partial charge in [0.2, 0.25) is 11.2 Å². The predicted molar refractivity (Wildman–Crippen MR) is 104 cm³/mol. The normalized spacial score (nSPS) is 10.1. The molecule has 28 heavy (non-hydrogen) atoms. The van der Waals surface area contributed by atoms with E-state index in [1.54, 1.807) is 48.5 Å². The fourth-order valence-electron chi connectivity index (χ4n) is 2.39. The number of halogens is 1. The molecule has 4 rings (SSSR count). The van der Waals surface area contributed by atoms with Crippen LogP contribution in [0.2, 0.25) is 0 Å². The minimum absolute atomic E-state index is 0.0405. The Hall–Kier alpha value is -3.70. The van der Waals surface area contributed by atoms with Crippen molar-refractivity contribution in [3.05, 3.63) is 91.0 Å². The third kappa shape index (κ3) is 3.84. The lowest BCUT2D eigenvalue weighted by Gasteiger charge is -1.98. The molecule has 0 fully saturated rings. The van der Waals surface area contributed by atoms with Crippen LogP contribution in [0.3, 0.4) is 0 Å². The second kappa shape index (κ2) is 7.90. The van der Waals surface area contributed by atoms with E-state index in [4.69, 9.17) is 19.2 Å². The molecule has 2 aromatic heterocycles. The molecule has 138 valence electrons. The van der Waals surface area contributed by atoms with Crippen LogP contribution in [0, 0.1) is 11.3 Å². The summed E-state index contributed by atoms with van der Waals surface area (Å²) in [5, 5.41) is 18.1. The number of aromatic carboxylic acids is 1. The van der Waals surface area contributed by atoms with Crippen LogP contribution in [0.4, 0.5) is 0 Å². The predicted octanol–water partition coefficient (Wildman–Crippen LogP) is 3.92. The van der Waals surface area contributed by atoms with Gasteiger partial charge < -0.3 is 13.9 Å². The lowest BCUT2D eigenvalue weighted by atomic mass is 10.2. The lowest BCUT2D eigenvalue weighted by molar-refractivity contribution is 0.0663. The average molecular weight is 440 g/mol. The van der Waals surface area contributed by atoms with E-state index in [1.165, 1.54) is 6.26 Å². The van der Waals surface area contributed by atoms with Crippen molar-refractivity contribution in [2.45, 2.75) is 0 Å². The quantitative estimate of drug-likeness (QED) is 0.476. The van der Waals surface area contributed by atoms with E-state index in [0.717, 1.165) is 10.5 Å². The first-order valence-electron chi connectivity index (χ1n) is 7.78. The van der Waals surface area contributed by atoms with Gasteiger partial charge in [0.25, 0.3) is 0 Å². The minimum Gasteiger partial charge on any atom is -0.475 e. The van der Waals surface area contributed by atoms with Gasteiger partial charge in [-0.1, -0.05) is 28.1 Å². The molecule has 4 aromatic rings. The number of hydrogen-bond acceptors (Lipinski definition) is 6. The molecule has 0 atom stereocenters. The van der Waals surface area contributed by atoms with Crippen LogP contribution < -0.4 is 10.9 Å². The summed E-state index contributed by atoms with van der Waals surface area (Å²) in [6, 6.07) is 14.4. The second-order valence-corrected chi connectivity index (χ2v) is 6.42. The van der Waals surface area contributed by atoms with Crippen LogP contribution >= 0.6 is 15.9 Å². The van der Waals surface area contributed by atoms with E-state index >= 15 is 0 Å². The Morgan fingerprint density at radius 3 is 2.50 bits per heavy atom. The average Bonchev–Trinajstić information content (AvgIpc) is 2.69. The van der Waals surface area contributed by atoms with Crippen LogP contribution in [0.5, 0.6) is 0 Å². The third-order valence-corrected chi connectivity index (χ3v) is 4.19. The summed E-state index contributed by atoms with van der Waals surface area (Å²) < 4.78 is 10.9. The molecule has 0 bridgehead atoms. The van der Waals surface area contributed by atoms with Crippen molar-refractivity contribution in [1.29, 1.82) is 5.26 Å². The van der Waals surface area contributed by atoms with Gasteiger partial charge >= 0.3 is 5.97 Å². The maximum atomic E-state index is 11.5. The Kier molecular flexibility index (Phi) is 5.38. The van der Waals surface area contributed by atoms with Crippen molar-refractivity contribution >= 4 is 43.8 Å². The van der Waals surface area contributed by atoms with Gasteiger partial charge in [-0.15, -0.1) is 0 Å². The number of nitriles is 1. The highest BCUT2D eigenvalue weighted by Gasteiger charge is 2.10. The first kappa shape index (κ1) is 19.1. The molecule has 7 nitrogen and oxygen atoms in total. The van der Waals surface area contributed by atoms with E-state index in [2.05, 4.69) is 15.9 Å². The van der Waals surface area contributed by atoms with Gasteiger partial charge in [0, 0.05) is 10.5 Å². The number of carboxylic acids is 1. The number of rotatable bonds is 1. The lowest BCUT2D eigenvalue weighted by Crippen LogP contribution is -2.06. The van der Waals surface area contributed by atoms with Gasteiger partial charge in [-0.25, -0.2) is 4.79 Å². The number of carboxylic acid groups (broad SMARTS) is 1. The fourth-order valence-corrected chi connectivity index (χ4v) is 2.75. The number of para-hydroxylation sites is 1. The highest BCUT2D eigenvalue weighted by molar-refractivity contribution is 9.10. The molecule has 2 heterocycles. The van der Waals surface area contributed by atoms with E-state index in [-0.39, 0.29) is 27.8 Å². The Morgan fingerprint density at radius 1 is 1.04 bits per heavy atom. The highest BCUT2D eigenvalue weighted by atomic mass is 79.9. The van der Waals surface area contributed by atoms with Crippen LogP contribution in [-0.2, 0) is 0 Å². The summed E-state index contributed by atoms with van der Waals surface area (Å²) in [6.07, 6.45) is 1.19. The molecule has 1 N–H and O–H groups in total. The zero-order valence-electron chi connectivity index (χ0n) is 14.0. The van der Waals surface area contributed by atoms with Crippen molar-refractivity contribution in [2.75, 3.05) is 0 Å². The molecule has 0 aliphatic carbocycles. The number of hydrogen-bond donors (Lipinski definition) is 1. The molecule has 0 amide bonds. The largest absolute Gasteiger partial charge is 0.475 e. The molecular weight excluding hydrogens is 430 g/mol. The van der Waals surface area contributed by atoms with Gasteiger partial charge in [-0.3, -0.25) is 9.59 Å². The molecular formula is C20H10BrNO6. The molecule has 0 aliphatic rings. The number of nitrogens with zero attached hydrogens (tertiary/aromatic N) is 1. The minimum atomic E-state index is -1.25.